The summed E-state index contributed by atoms with van der Waals surface area (Å²) in [7, 11) is 0. The molecular weight excluding hydrogens is 278 g/mol. The average Bonchev–Trinajstić information content (AvgIpc) is 2.29. The van der Waals surface area contributed by atoms with Crippen LogP contribution >= 0.6 is 15.9 Å². The van der Waals surface area contributed by atoms with Gasteiger partial charge in [0.25, 0.3) is 0 Å². The van der Waals surface area contributed by atoms with Crippen LogP contribution in [0.5, 0.6) is 0 Å². The number of carbonyl (C=O) groups excluding carboxylic acids is 1. The predicted molar refractivity (Wildman–Crippen MR) is 76.6 cm³/mol. The fourth-order valence-corrected chi connectivity index (χ4v) is 2.00. The summed E-state index contributed by atoms with van der Waals surface area (Å²) in [5.41, 5.74) is 1.81. The molecule has 0 heterocycles. The number of halogens is 1. The summed E-state index contributed by atoms with van der Waals surface area (Å²) in [6.07, 6.45) is 0. The van der Waals surface area contributed by atoms with Gasteiger partial charge in [-0.15, -0.1) is 0 Å². The number of rotatable bonds is 3. The van der Waals surface area contributed by atoms with Gasteiger partial charge >= 0.3 is 0 Å². The number of nitrogens with zero attached hydrogens (tertiary/aromatic N) is 1. The van der Waals surface area contributed by atoms with Gasteiger partial charge in [-0.05, 0) is 24.6 Å². The Balaban J connectivity index is 3.05. The smallest absolute Gasteiger partial charge is 0.232 e. The summed E-state index contributed by atoms with van der Waals surface area (Å²) < 4.78 is 0. The highest BCUT2D eigenvalue weighted by molar-refractivity contribution is 9.08. The van der Waals surface area contributed by atoms with E-state index < -0.39 is 0 Å². The molecule has 0 N–H and O–H groups in total. The lowest BCUT2D eigenvalue weighted by Gasteiger charge is -2.28. The SMILES string of the molecule is CCN(C(=O)C(C)(C)C)c1cccc(CBr)c1. The third kappa shape index (κ3) is 3.56. The van der Waals surface area contributed by atoms with E-state index in [0.29, 0.717) is 6.54 Å². The molecule has 1 rings (SSSR count). The Labute approximate surface area is 112 Å². The van der Waals surface area contributed by atoms with E-state index in [2.05, 4.69) is 22.0 Å². The molecule has 0 atom stereocenters. The van der Waals surface area contributed by atoms with Gasteiger partial charge in [0.15, 0.2) is 0 Å². The molecule has 0 aromatic heterocycles. The van der Waals surface area contributed by atoms with Crippen molar-refractivity contribution in [3.8, 4) is 0 Å². The molecule has 0 fully saturated rings. The Hall–Kier alpha value is -0.830. The van der Waals surface area contributed by atoms with Crippen molar-refractivity contribution in [1.29, 1.82) is 0 Å². The quantitative estimate of drug-likeness (QED) is 0.773. The van der Waals surface area contributed by atoms with E-state index in [1.807, 2.05) is 50.8 Å². The summed E-state index contributed by atoms with van der Waals surface area (Å²) in [4.78, 5) is 14.1. The van der Waals surface area contributed by atoms with E-state index in [0.717, 1.165) is 11.0 Å². The molecule has 94 valence electrons. The standard InChI is InChI=1S/C14H20BrNO/c1-5-16(13(17)14(2,3)4)12-8-6-7-11(9-12)10-15/h6-9H,5,10H2,1-4H3. The first kappa shape index (κ1) is 14.2. The maximum absolute atomic E-state index is 12.3. The molecule has 0 spiro atoms. The van der Waals surface area contributed by atoms with Crippen LogP contribution in [0.2, 0.25) is 0 Å². The summed E-state index contributed by atoms with van der Waals surface area (Å²) in [5, 5.41) is 0.808. The number of benzene rings is 1. The number of hydrogen-bond donors (Lipinski definition) is 0. The number of carbonyl (C=O) groups is 1. The van der Waals surface area contributed by atoms with Crippen LogP contribution < -0.4 is 4.90 Å². The van der Waals surface area contributed by atoms with Gasteiger partial charge in [-0.2, -0.15) is 0 Å². The van der Waals surface area contributed by atoms with Crippen molar-refractivity contribution in [2.75, 3.05) is 11.4 Å². The summed E-state index contributed by atoms with van der Waals surface area (Å²) in [6, 6.07) is 8.08. The molecule has 0 aliphatic carbocycles. The highest BCUT2D eigenvalue weighted by atomic mass is 79.9. The van der Waals surface area contributed by atoms with Crippen molar-refractivity contribution < 1.29 is 4.79 Å². The number of alkyl halides is 1. The maximum atomic E-state index is 12.3. The molecule has 1 aromatic carbocycles. The molecule has 1 amide bonds. The van der Waals surface area contributed by atoms with Crippen LogP contribution in [-0.4, -0.2) is 12.5 Å². The molecule has 0 aliphatic rings. The molecule has 0 radical (unpaired) electrons. The minimum absolute atomic E-state index is 0.159. The van der Waals surface area contributed by atoms with E-state index in [9.17, 15) is 4.79 Å². The molecule has 17 heavy (non-hydrogen) atoms. The lowest BCUT2D eigenvalue weighted by molar-refractivity contribution is -0.125. The lowest BCUT2D eigenvalue weighted by atomic mass is 9.94. The zero-order chi connectivity index (χ0) is 13.1. The van der Waals surface area contributed by atoms with Crippen LogP contribution in [0, 0.1) is 5.41 Å². The van der Waals surface area contributed by atoms with Crippen LogP contribution in [-0.2, 0) is 10.1 Å². The van der Waals surface area contributed by atoms with E-state index in [-0.39, 0.29) is 11.3 Å². The largest absolute Gasteiger partial charge is 0.312 e. The molecule has 0 saturated heterocycles. The molecule has 0 unspecified atom stereocenters. The molecule has 2 nitrogen and oxygen atoms in total. The maximum Gasteiger partial charge on any atom is 0.232 e. The first-order chi connectivity index (χ1) is 7.90. The van der Waals surface area contributed by atoms with Crippen LogP contribution in [0.4, 0.5) is 5.69 Å². The van der Waals surface area contributed by atoms with Crippen LogP contribution in [0.3, 0.4) is 0 Å². The summed E-state index contributed by atoms with van der Waals surface area (Å²) in [6.45, 7) is 8.55. The van der Waals surface area contributed by atoms with Crippen LogP contribution in [0.1, 0.15) is 33.3 Å². The monoisotopic (exact) mass is 297 g/mol. The summed E-state index contributed by atoms with van der Waals surface area (Å²) in [5.74, 6) is 0.159. The number of amides is 1. The third-order valence-electron chi connectivity index (χ3n) is 2.58. The zero-order valence-corrected chi connectivity index (χ0v) is 12.5. The molecule has 0 saturated carbocycles. The van der Waals surface area contributed by atoms with Gasteiger partial charge in [0.05, 0.1) is 0 Å². The zero-order valence-electron chi connectivity index (χ0n) is 11.0. The highest BCUT2D eigenvalue weighted by Crippen LogP contribution is 2.24. The van der Waals surface area contributed by atoms with Crippen molar-refractivity contribution >= 4 is 27.5 Å². The van der Waals surface area contributed by atoms with Gasteiger partial charge in [0.2, 0.25) is 5.91 Å². The fourth-order valence-electron chi connectivity index (χ4n) is 1.66. The van der Waals surface area contributed by atoms with Crippen molar-refractivity contribution in [1.82, 2.24) is 0 Å². The van der Waals surface area contributed by atoms with E-state index in [1.54, 1.807) is 0 Å². The minimum Gasteiger partial charge on any atom is -0.312 e. The van der Waals surface area contributed by atoms with Gasteiger partial charge in [-0.3, -0.25) is 4.79 Å². The minimum atomic E-state index is -0.347. The van der Waals surface area contributed by atoms with Gasteiger partial charge in [0.1, 0.15) is 0 Å². The lowest BCUT2D eigenvalue weighted by Crippen LogP contribution is -2.39. The number of anilines is 1. The fraction of sp³-hybridized carbons (Fsp3) is 0.500. The third-order valence-corrected chi connectivity index (χ3v) is 3.23. The van der Waals surface area contributed by atoms with Gasteiger partial charge < -0.3 is 4.90 Å². The Bertz CT molecular complexity index is 395. The first-order valence-electron chi connectivity index (χ1n) is 5.87. The topological polar surface area (TPSA) is 20.3 Å². The van der Waals surface area contributed by atoms with Crippen LogP contribution in [0.15, 0.2) is 24.3 Å². The first-order valence-corrected chi connectivity index (χ1v) is 6.99. The van der Waals surface area contributed by atoms with E-state index in [1.165, 1.54) is 5.56 Å². The molecule has 3 heteroatoms. The average molecular weight is 298 g/mol. The van der Waals surface area contributed by atoms with Crippen molar-refractivity contribution in [3.63, 3.8) is 0 Å². The second kappa shape index (κ2) is 5.67. The van der Waals surface area contributed by atoms with Gasteiger partial charge in [-0.1, -0.05) is 48.8 Å². The number of hydrogen-bond acceptors (Lipinski definition) is 1. The molecule has 1 aromatic rings. The van der Waals surface area contributed by atoms with E-state index >= 15 is 0 Å². The molecule has 0 bridgehead atoms. The van der Waals surface area contributed by atoms with Crippen LogP contribution in [0.25, 0.3) is 0 Å². The normalized spacial score (nSPS) is 11.4. The second-order valence-corrected chi connectivity index (χ2v) is 5.66. The molecular formula is C14H20BrNO. The Morgan fingerprint density at radius 2 is 2.00 bits per heavy atom. The van der Waals surface area contributed by atoms with Crippen molar-refractivity contribution in [3.05, 3.63) is 29.8 Å². The Kier molecular flexibility index (Phi) is 4.75. The summed E-state index contributed by atoms with van der Waals surface area (Å²) >= 11 is 3.44. The molecule has 0 aliphatic heterocycles. The van der Waals surface area contributed by atoms with Crippen molar-refractivity contribution in [2.45, 2.75) is 33.0 Å². The highest BCUT2D eigenvalue weighted by Gasteiger charge is 2.27. The van der Waals surface area contributed by atoms with Crippen molar-refractivity contribution in [2.24, 2.45) is 5.41 Å². The Morgan fingerprint density at radius 1 is 1.35 bits per heavy atom. The predicted octanol–water partition coefficient (Wildman–Crippen LogP) is 3.98. The Morgan fingerprint density at radius 3 is 2.47 bits per heavy atom. The van der Waals surface area contributed by atoms with Gasteiger partial charge in [0, 0.05) is 23.0 Å². The van der Waals surface area contributed by atoms with Gasteiger partial charge in [-0.25, -0.2) is 0 Å². The van der Waals surface area contributed by atoms with E-state index in [4.69, 9.17) is 0 Å². The second-order valence-electron chi connectivity index (χ2n) is 5.10.